The van der Waals surface area contributed by atoms with Crippen molar-refractivity contribution in [2.24, 2.45) is 5.41 Å². The first kappa shape index (κ1) is 27.9. The van der Waals surface area contributed by atoms with E-state index in [4.69, 9.17) is 0 Å². The first-order valence-corrected chi connectivity index (χ1v) is 13.6. The van der Waals surface area contributed by atoms with E-state index in [1.807, 2.05) is 23.1 Å². The molecule has 1 aromatic carbocycles. The molecule has 0 saturated carbocycles. The first-order chi connectivity index (χ1) is 18.0. The standard InChI is InChI=1S/C28H35F2N5O2S/c1-6-24(36)35-13-7-8-21(35)18(15-31-16(2)28(3,4)5)17-9-10-19-20(14-17)33-27(32-19)34-26(37)23-12-11-22(38-23)25(29)30/h6,9-12,14,16,18,21,25,31H,1,7-8,13,15H2,2-5H3,(H2,32,33,34,37)/t16-,18?,21?/m0/s1. The minimum Gasteiger partial charge on any atom is -0.336 e. The van der Waals surface area contributed by atoms with Crippen LogP contribution in [0, 0.1) is 5.41 Å². The number of fused-ring (bicyclic) bond motifs is 1. The lowest BCUT2D eigenvalue weighted by Gasteiger charge is -2.35. The van der Waals surface area contributed by atoms with Crippen molar-refractivity contribution in [2.75, 3.05) is 18.4 Å². The van der Waals surface area contributed by atoms with Crippen molar-refractivity contribution >= 4 is 40.1 Å². The number of aromatic amines is 1. The van der Waals surface area contributed by atoms with E-state index in [1.165, 1.54) is 18.2 Å². The molecule has 2 aromatic heterocycles. The number of nitrogens with one attached hydrogen (secondary N) is 3. The quantitative estimate of drug-likeness (QED) is 0.285. The molecule has 1 aliphatic heterocycles. The summed E-state index contributed by atoms with van der Waals surface area (Å²) in [5.41, 5.74) is 2.55. The van der Waals surface area contributed by atoms with Crippen molar-refractivity contribution in [3.8, 4) is 0 Å². The van der Waals surface area contributed by atoms with E-state index < -0.39 is 12.3 Å². The Morgan fingerprint density at radius 2 is 2.05 bits per heavy atom. The Labute approximate surface area is 225 Å². The van der Waals surface area contributed by atoms with Gasteiger partial charge in [-0.1, -0.05) is 33.4 Å². The molecule has 3 atom stereocenters. The van der Waals surface area contributed by atoms with Gasteiger partial charge in [0.1, 0.15) is 0 Å². The minimum atomic E-state index is -2.61. The van der Waals surface area contributed by atoms with Gasteiger partial charge in [0, 0.05) is 31.1 Å². The second-order valence-corrected chi connectivity index (χ2v) is 12.0. The number of thiophene rings is 1. The lowest BCUT2D eigenvalue weighted by Crippen LogP contribution is -2.45. The van der Waals surface area contributed by atoms with Crippen LogP contribution in [-0.4, -0.2) is 51.9 Å². The van der Waals surface area contributed by atoms with Crippen LogP contribution < -0.4 is 10.6 Å². The van der Waals surface area contributed by atoms with Gasteiger partial charge in [0.05, 0.1) is 20.8 Å². The van der Waals surface area contributed by atoms with Crippen LogP contribution >= 0.6 is 11.3 Å². The van der Waals surface area contributed by atoms with E-state index in [1.54, 1.807) is 0 Å². The molecule has 7 nitrogen and oxygen atoms in total. The molecule has 0 aliphatic carbocycles. The molecule has 0 radical (unpaired) electrons. The van der Waals surface area contributed by atoms with Gasteiger partial charge in [-0.2, -0.15) is 0 Å². The van der Waals surface area contributed by atoms with Gasteiger partial charge in [-0.05, 0) is 61.1 Å². The number of amides is 2. The number of alkyl halides is 2. The predicted molar refractivity (Wildman–Crippen MR) is 148 cm³/mol. The SMILES string of the molecule is C=CC(=O)N1CCCC1C(CN[C@@H](C)C(C)(C)C)c1ccc2nc(NC(=O)c3ccc(C(F)F)s3)[nH]c2c1. The van der Waals surface area contributed by atoms with Crippen molar-refractivity contribution in [3.05, 3.63) is 58.3 Å². The molecular formula is C28H35F2N5O2S. The molecule has 2 amide bonds. The summed E-state index contributed by atoms with van der Waals surface area (Å²) < 4.78 is 25.8. The Morgan fingerprint density at radius 1 is 1.29 bits per heavy atom. The monoisotopic (exact) mass is 543 g/mol. The van der Waals surface area contributed by atoms with Crippen LogP contribution in [0.2, 0.25) is 0 Å². The van der Waals surface area contributed by atoms with Gasteiger partial charge in [0.25, 0.3) is 12.3 Å². The molecule has 3 aromatic rings. The van der Waals surface area contributed by atoms with Crippen molar-refractivity contribution in [2.45, 2.75) is 65.0 Å². The Balaban J connectivity index is 1.59. The van der Waals surface area contributed by atoms with E-state index in [0.29, 0.717) is 18.6 Å². The van der Waals surface area contributed by atoms with Crippen LogP contribution in [0.1, 0.15) is 73.0 Å². The molecule has 1 aliphatic rings. The lowest BCUT2D eigenvalue weighted by molar-refractivity contribution is -0.127. The number of hydrogen-bond donors (Lipinski definition) is 3. The molecule has 3 N–H and O–H groups in total. The number of aromatic nitrogens is 2. The highest BCUT2D eigenvalue weighted by molar-refractivity contribution is 7.14. The second kappa shape index (κ2) is 11.3. The summed E-state index contributed by atoms with van der Waals surface area (Å²) >= 11 is 0.759. The van der Waals surface area contributed by atoms with Gasteiger partial charge in [-0.25, -0.2) is 13.8 Å². The van der Waals surface area contributed by atoms with Crippen LogP contribution in [0.5, 0.6) is 0 Å². The number of H-pyrrole nitrogens is 1. The summed E-state index contributed by atoms with van der Waals surface area (Å²) in [6, 6.07) is 8.86. The zero-order valence-corrected chi connectivity index (χ0v) is 23.0. The Bertz CT molecular complexity index is 1310. The van der Waals surface area contributed by atoms with E-state index in [-0.39, 0.29) is 45.0 Å². The van der Waals surface area contributed by atoms with Gasteiger partial charge >= 0.3 is 0 Å². The number of nitrogens with zero attached hydrogens (tertiary/aromatic N) is 2. The number of imidazole rings is 1. The number of carbonyl (C=O) groups is 2. The molecule has 3 heterocycles. The maximum Gasteiger partial charge on any atom is 0.272 e. The second-order valence-electron chi connectivity index (χ2n) is 10.9. The lowest BCUT2D eigenvalue weighted by atomic mass is 9.85. The molecule has 2 unspecified atom stereocenters. The topological polar surface area (TPSA) is 90.1 Å². The maximum atomic E-state index is 12.9. The first-order valence-electron chi connectivity index (χ1n) is 12.8. The van der Waals surface area contributed by atoms with Crippen LogP contribution in [0.15, 0.2) is 43.0 Å². The number of halogens is 2. The molecular weight excluding hydrogens is 508 g/mol. The Morgan fingerprint density at radius 3 is 2.71 bits per heavy atom. The highest BCUT2D eigenvalue weighted by Gasteiger charge is 2.35. The molecule has 1 saturated heterocycles. The molecule has 204 valence electrons. The van der Waals surface area contributed by atoms with E-state index in [0.717, 1.165) is 35.3 Å². The summed E-state index contributed by atoms with van der Waals surface area (Å²) in [5, 5.41) is 6.36. The Kier molecular flexibility index (Phi) is 8.32. The van der Waals surface area contributed by atoms with Crippen LogP contribution in [0.4, 0.5) is 14.7 Å². The summed E-state index contributed by atoms with van der Waals surface area (Å²) in [7, 11) is 0. The number of carbonyl (C=O) groups excluding carboxylic acids is 2. The smallest absolute Gasteiger partial charge is 0.272 e. The largest absolute Gasteiger partial charge is 0.336 e. The third-order valence-corrected chi connectivity index (χ3v) is 8.49. The van der Waals surface area contributed by atoms with Crippen LogP contribution in [0.3, 0.4) is 0 Å². The molecule has 1 fully saturated rings. The van der Waals surface area contributed by atoms with E-state index in [9.17, 15) is 18.4 Å². The normalized spacial score (nSPS) is 17.7. The minimum absolute atomic E-state index is 0.0302. The molecule has 38 heavy (non-hydrogen) atoms. The van der Waals surface area contributed by atoms with Crippen molar-refractivity contribution in [1.29, 1.82) is 0 Å². The summed E-state index contributed by atoms with van der Waals surface area (Å²) in [4.78, 5) is 34.7. The average Bonchev–Trinajstić information content (AvgIpc) is 3.62. The van der Waals surface area contributed by atoms with Crippen molar-refractivity contribution in [3.63, 3.8) is 0 Å². The van der Waals surface area contributed by atoms with Crippen LogP contribution in [-0.2, 0) is 4.79 Å². The average molecular weight is 544 g/mol. The number of benzene rings is 1. The van der Waals surface area contributed by atoms with Gasteiger partial charge < -0.3 is 15.2 Å². The van der Waals surface area contributed by atoms with Crippen molar-refractivity contribution in [1.82, 2.24) is 20.2 Å². The van der Waals surface area contributed by atoms with Crippen molar-refractivity contribution < 1.29 is 18.4 Å². The van der Waals surface area contributed by atoms with Gasteiger partial charge in [0.2, 0.25) is 11.9 Å². The third-order valence-electron chi connectivity index (χ3n) is 7.40. The maximum absolute atomic E-state index is 12.9. The van der Waals surface area contributed by atoms with Gasteiger partial charge in [0.15, 0.2) is 0 Å². The fraction of sp³-hybridized carbons (Fsp3) is 0.464. The van der Waals surface area contributed by atoms with Gasteiger partial charge in [-0.15, -0.1) is 11.3 Å². The highest BCUT2D eigenvalue weighted by atomic mass is 32.1. The number of hydrogen-bond acceptors (Lipinski definition) is 5. The van der Waals surface area contributed by atoms with Gasteiger partial charge in [-0.3, -0.25) is 14.9 Å². The van der Waals surface area contributed by atoms with E-state index >= 15 is 0 Å². The summed E-state index contributed by atoms with van der Waals surface area (Å²) in [6.45, 7) is 13.8. The zero-order valence-electron chi connectivity index (χ0n) is 22.2. The molecule has 0 spiro atoms. The number of rotatable bonds is 9. The molecule has 10 heteroatoms. The van der Waals surface area contributed by atoms with Crippen LogP contribution in [0.25, 0.3) is 11.0 Å². The molecule has 0 bridgehead atoms. The number of likely N-dealkylation sites (tertiary alicyclic amines) is 1. The molecule has 4 rings (SSSR count). The highest BCUT2D eigenvalue weighted by Crippen LogP contribution is 2.34. The summed E-state index contributed by atoms with van der Waals surface area (Å²) in [5.74, 6) is -0.271. The Hall–Kier alpha value is -3.11. The fourth-order valence-corrected chi connectivity index (χ4v) is 5.52. The predicted octanol–water partition coefficient (Wildman–Crippen LogP) is 6.10. The fourth-order valence-electron chi connectivity index (χ4n) is 4.77. The summed E-state index contributed by atoms with van der Waals surface area (Å²) in [6.07, 6.45) is 0.608. The third kappa shape index (κ3) is 6.13. The zero-order chi connectivity index (χ0) is 27.6. The van der Waals surface area contributed by atoms with E-state index in [2.05, 4.69) is 54.9 Å². The number of anilines is 1.